The smallest absolute Gasteiger partial charge is 0.119 e. The molecule has 0 radical (unpaired) electrons. The monoisotopic (exact) mass is 294 g/mol. The average molecular weight is 294 g/mol. The van der Waals surface area contributed by atoms with Gasteiger partial charge in [-0.3, -0.25) is 5.10 Å². The number of nitrogens with zero attached hydrogens (tertiary/aromatic N) is 1. The predicted octanol–water partition coefficient (Wildman–Crippen LogP) is 3.81. The van der Waals surface area contributed by atoms with Crippen LogP contribution in [0, 0.1) is 0 Å². The van der Waals surface area contributed by atoms with Gasteiger partial charge in [-0.1, -0.05) is 30.3 Å². The molecule has 0 bridgehead atoms. The van der Waals surface area contributed by atoms with Crippen molar-refractivity contribution >= 4 is 0 Å². The molecule has 4 nitrogen and oxygen atoms in total. The molecule has 0 amide bonds. The first-order valence-corrected chi connectivity index (χ1v) is 7.15. The Balaban J connectivity index is 1.95. The third-order valence-corrected chi connectivity index (χ3v) is 3.62. The van der Waals surface area contributed by atoms with E-state index in [0.717, 1.165) is 33.8 Å². The summed E-state index contributed by atoms with van der Waals surface area (Å²) in [5.74, 6) is 0.804. The molecule has 0 saturated carbocycles. The molecule has 3 aromatic rings. The van der Waals surface area contributed by atoms with Gasteiger partial charge >= 0.3 is 0 Å². The summed E-state index contributed by atoms with van der Waals surface area (Å²) in [7, 11) is 1.65. The van der Waals surface area contributed by atoms with Crippen LogP contribution in [-0.2, 0) is 0 Å². The number of hydrogen-bond donors (Lipinski definition) is 2. The van der Waals surface area contributed by atoms with Crippen molar-refractivity contribution in [3.63, 3.8) is 0 Å². The predicted molar refractivity (Wildman–Crippen MR) is 86.6 cm³/mol. The minimum Gasteiger partial charge on any atom is -0.497 e. The molecule has 0 aliphatic carbocycles. The maximum atomic E-state index is 9.70. The maximum absolute atomic E-state index is 9.70. The van der Waals surface area contributed by atoms with Crippen molar-refractivity contribution in [2.24, 2.45) is 0 Å². The van der Waals surface area contributed by atoms with Crippen LogP contribution in [0.1, 0.15) is 18.6 Å². The molecular weight excluding hydrogens is 276 g/mol. The van der Waals surface area contributed by atoms with E-state index >= 15 is 0 Å². The van der Waals surface area contributed by atoms with Gasteiger partial charge in [0.25, 0.3) is 0 Å². The van der Waals surface area contributed by atoms with Crippen LogP contribution in [0.5, 0.6) is 5.75 Å². The van der Waals surface area contributed by atoms with Gasteiger partial charge < -0.3 is 9.84 Å². The zero-order valence-corrected chi connectivity index (χ0v) is 12.6. The summed E-state index contributed by atoms with van der Waals surface area (Å²) in [5, 5.41) is 17.1. The van der Waals surface area contributed by atoms with Crippen LogP contribution in [0.4, 0.5) is 0 Å². The molecule has 0 saturated heterocycles. The van der Waals surface area contributed by atoms with Crippen LogP contribution in [-0.4, -0.2) is 22.4 Å². The quantitative estimate of drug-likeness (QED) is 0.769. The van der Waals surface area contributed by atoms with E-state index in [-0.39, 0.29) is 0 Å². The van der Waals surface area contributed by atoms with Crippen LogP contribution >= 0.6 is 0 Å². The number of rotatable bonds is 4. The summed E-state index contributed by atoms with van der Waals surface area (Å²) in [4.78, 5) is 0. The third-order valence-electron chi connectivity index (χ3n) is 3.62. The lowest BCUT2D eigenvalue weighted by atomic mass is 10.0. The molecule has 3 rings (SSSR count). The number of methoxy groups -OCH3 is 1. The molecule has 112 valence electrons. The maximum Gasteiger partial charge on any atom is 0.119 e. The molecule has 1 heterocycles. The summed E-state index contributed by atoms with van der Waals surface area (Å²) in [6.45, 7) is 1.76. The van der Waals surface area contributed by atoms with Gasteiger partial charge in [0.05, 0.1) is 24.6 Å². The highest BCUT2D eigenvalue weighted by Gasteiger charge is 2.08. The van der Waals surface area contributed by atoms with Crippen molar-refractivity contribution in [2.75, 3.05) is 7.11 Å². The number of nitrogens with one attached hydrogen (secondary N) is 1. The Labute approximate surface area is 129 Å². The molecule has 1 unspecified atom stereocenters. The largest absolute Gasteiger partial charge is 0.497 e. The number of benzene rings is 2. The minimum atomic E-state index is -0.485. The first-order chi connectivity index (χ1) is 10.7. The Morgan fingerprint density at radius 2 is 1.82 bits per heavy atom. The van der Waals surface area contributed by atoms with Gasteiger partial charge in [0.2, 0.25) is 0 Å². The molecule has 1 aromatic heterocycles. The van der Waals surface area contributed by atoms with Crippen molar-refractivity contribution in [1.29, 1.82) is 0 Å². The number of H-pyrrole nitrogens is 1. The van der Waals surface area contributed by atoms with E-state index in [1.807, 2.05) is 54.6 Å². The van der Waals surface area contributed by atoms with Gasteiger partial charge in [-0.05, 0) is 42.3 Å². The molecular formula is C18H18N2O2. The second-order valence-corrected chi connectivity index (χ2v) is 5.20. The normalized spacial score (nSPS) is 12.1. The molecule has 2 N–H and O–H groups in total. The van der Waals surface area contributed by atoms with Gasteiger partial charge in [-0.15, -0.1) is 0 Å². The molecule has 0 aliphatic rings. The Hall–Kier alpha value is -2.59. The molecule has 0 fully saturated rings. The van der Waals surface area contributed by atoms with E-state index in [9.17, 15) is 5.11 Å². The van der Waals surface area contributed by atoms with E-state index in [0.29, 0.717) is 0 Å². The molecule has 0 aliphatic heterocycles. The fraction of sp³-hybridized carbons (Fsp3) is 0.167. The van der Waals surface area contributed by atoms with Crippen LogP contribution in [0.3, 0.4) is 0 Å². The van der Waals surface area contributed by atoms with Crippen molar-refractivity contribution in [3.8, 4) is 28.3 Å². The molecule has 4 heteroatoms. The fourth-order valence-corrected chi connectivity index (χ4v) is 2.37. The zero-order chi connectivity index (χ0) is 15.5. The number of aliphatic hydroxyl groups is 1. The van der Waals surface area contributed by atoms with Gasteiger partial charge in [0, 0.05) is 5.56 Å². The van der Waals surface area contributed by atoms with E-state index in [4.69, 9.17) is 4.74 Å². The van der Waals surface area contributed by atoms with Crippen molar-refractivity contribution < 1.29 is 9.84 Å². The summed E-state index contributed by atoms with van der Waals surface area (Å²) in [5.41, 5.74) is 4.65. The van der Waals surface area contributed by atoms with Crippen LogP contribution in [0.25, 0.3) is 22.5 Å². The van der Waals surface area contributed by atoms with Crippen LogP contribution in [0.2, 0.25) is 0 Å². The lowest BCUT2D eigenvalue weighted by Crippen LogP contribution is -1.90. The molecule has 1 atom stereocenters. The highest BCUT2D eigenvalue weighted by molar-refractivity contribution is 5.69. The lowest BCUT2D eigenvalue weighted by molar-refractivity contribution is 0.199. The van der Waals surface area contributed by atoms with Gasteiger partial charge in [-0.25, -0.2) is 0 Å². The molecule has 2 aromatic carbocycles. The average Bonchev–Trinajstić information content (AvgIpc) is 3.05. The second kappa shape index (κ2) is 6.03. The number of aliphatic hydroxyl groups excluding tert-OH is 1. The second-order valence-electron chi connectivity index (χ2n) is 5.20. The standard InChI is InChI=1S/C18H18N2O2/c1-12(21)13-5-3-6-14(9-13)17-11-18(20-19-17)15-7-4-8-16(10-15)22-2/h3-12,21H,1-2H3,(H,19,20). The van der Waals surface area contributed by atoms with Crippen molar-refractivity contribution in [1.82, 2.24) is 10.2 Å². The van der Waals surface area contributed by atoms with E-state index in [1.165, 1.54) is 0 Å². The fourth-order valence-electron chi connectivity index (χ4n) is 2.37. The Bertz CT molecular complexity index is 778. The first-order valence-electron chi connectivity index (χ1n) is 7.15. The Morgan fingerprint density at radius 3 is 2.59 bits per heavy atom. The number of aromatic nitrogens is 2. The summed E-state index contributed by atoms with van der Waals surface area (Å²) >= 11 is 0. The SMILES string of the molecule is COc1cccc(-c2cc(-c3cccc(C(C)O)c3)[nH]n2)c1. The van der Waals surface area contributed by atoms with Crippen molar-refractivity contribution in [3.05, 3.63) is 60.2 Å². The van der Waals surface area contributed by atoms with E-state index < -0.39 is 6.10 Å². The van der Waals surface area contributed by atoms with Gasteiger partial charge in [-0.2, -0.15) is 5.10 Å². The lowest BCUT2D eigenvalue weighted by Gasteiger charge is -2.05. The van der Waals surface area contributed by atoms with E-state index in [1.54, 1.807) is 14.0 Å². The Morgan fingerprint density at radius 1 is 1.05 bits per heavy atom. The topological polar surface area (TPSA) is 58.1 Å². The first kappa shape index (κ1) is 14.4. The zero-order valence-electron chi connectivity index (χ0n) is 12.6. The van der Waals surface area contributed by atoms with Gasteiger partial charge in [0.15, 0.2) is 0 Å². The van der Waals surface area contributed by atoms with Crippen molar-refractivity contribution in [2.45, 2.75) is 13.0 Å². The van der Waals surface area contributed by atoms with Crippen LogP contribution in [0.15, 0.2) is 54.6 Å². The summed E-state index contributed by atoms with van der Waals surface area (Å²) in [6, 6.07) is 17.6. The number of hydrogen-bond acceptors (Lipinski definition) is 3. The van der Waals surface area contributed by atoms with Gasteiger partial charge in [0.1, 0.15) is 5.75 Å². The summed E-state index contributed by atoms with van der Waals surface area (Å²) < 4.78 is 5.24. The highest BCUT2D eigenvalue weighted by Crippen LogP contribution is 2.27. The number of ether oxygens (including phenoxy) is 1. The highest BCUT2D eigenvalue weighted by atomic mass is 16.5. The minimum absolute atomic E-state index is 0.485. The molecule has 0 spiro atoms. The Kier molecular flexibility index (Phi) is 3.94. The number of aromatic amines is 1. The third kappa shape index (κ3) is 2.87. The van der Waals surface area contributed by atoms with E-state index in [2.05, 4.69) is 10.2 Å². The molecule has 22 heavy (non-hydrogen) atoms. The summed E-state index contributed by atoms with van der Waals surface area (Å²) in [6.07, 6.45) is -0.485. The van der Waals surface area contributed by atoms with Crippen LogP contribution < -0.4 is 4.74 Å².